The molecule has 0 unspecified atom stereocenters. The van der Waals surface area contributed by atoms with Crippen molar-refractivity contribution in [3.05, 3.63) is 46.4 Å². The quantitative estimate of drug-likeness (QED) is 0.938. The van der Waals surface area contributed by atoms with Gasteiger partial charge in [0.1, 0.15) is 11.5 Å². The second-order valence-corrected chi connectivity index (χ2v) is 4.64. The highest BCUT2D eigenvalue weighted by molar-refractivity contribution is 6.06. The van der Waals surface area contributed by atoms with Crippen molar-refractivity contribution < 1.29 is 22.7 Å². The van der Waals surface area contributed by atoms with Crippen LogP contribution >= 0.6 is 0 Å². The molecule has 1 aromatic carbocycles. The van der Waals surface area contributed by atoms with E-state index in [0.717, 1.165) is 12.1 Å². The molecule has 0 saturated heterocycles. The zero-order valence-corrected chi connectivity index (χ0v) is 12.1. The number of benzene rings is 1. The molecule has 1 amide bonds. The summed E-state index contributed by atoms with van der Waals surface area (Å²) in [6.45, 7) is 5.14. The molecule has 1 N–H and O–H groups in total. The summed E-state index contributed by atoms with van der Waals surface area (Å²) in [5.41, 5.74) is 1.07. The summed E-state index contributed by atoms with van der Waals surface area (Å²) >= 11 is 0. The lowest BCUT2D eigenvalue weighted by atomic mass is 10.1. The zero-order valence-electron chi connectivity index (χ0n) is 12.1. The van der Waals surface area contributed by atoms with Crippen molar-refractivity contribution in [3.8, 4) is 5.75 Å². The van der Waals surface area contributed by atoms with Crippen LogP contribution in [0.15, 0.2) is 16.5 Å². The molecule has 0 aliphatic heterocycles. The first-order valence-corrected chi connectivity index (χ1v) is 6.26. The van der Waals surface area contributed by atoms with Gasteiger partial charge in [0.15, 0.2) is 17.4 Å². The lowest BCUT2D eigenvalue weighted by Crippen LogP contribution is -2.14. The largest absolute Gasteiger partial charge is 0.491 e. The maximum absolute atomic E-state index is 13.6. The van der Waals surface area contributed by atoms with Crippen LogP contribution in [0.1, 0.15) is 27.4 Å². The van der Waals surface area contributed by atoms with E-state index in [1.54, 1.807) is 20.8 Å². The molecule has 0 fully saturated rings. The molecule has 4 nitrogen and oxygen atoms in total. The fourth-order valence-corrected chi connectivity index (χ4v) is 2.15. The topological polar surface area (TPSA) is 51.5 Å². The Labute approximate surface area is 120 Å². The Morgan fingerprint density at radius 1 is 1.14 bits per heavy atom. The SMILES string of the molecule is COc1c(F)cc(NC(=O)c2c(C)oc(C)c2C)cc1F. The Balaban J connectivity index is 2.32. The molecule has 0 saturated carbocycles. The third-order valence-corrected chi connectivity index (χ3v) is 3.25. The molecule has 0 aliphatic rings. The number of nitrogens with one attached hydrogen (secondary N) is 1. The van der Waals surface area contributed by atoms with Crippen molar-refractivity contribution in [2.24, 2.45) is 0 Å². The molecule has 0 radical (unpaired) electrons. The van der Waals surface area contributed by atoms with Crippen LogP contribution < -0.4 is 10.1 Å². The van der Waals surface area contributed by atoms with E-state index in [1.165, 1.54) is 7.11 Å². The number of furan rings is 1. The number of carbonyl (C=O) groups excluding carboxylic acids is 1. The first-order valence-electron chi connectivity index (χ1n) is 6.26. The van der Waals surface area contributed by atoms with Crippen LogP contribution in [0.5, 0.6) is 5.75 Å². The van der Waals surface area contributed by atoms with E-state index < -0.39 is 23.3 Å². The van der Waals surface area contributed by atoms with E-state index in [0.29, 0.717) is 22.6 Å². The summed E-state index contributed by atoms with van der Waals surface area (Å²) in [5.74, 6) is -1.65. The number of amides is 1. The molecule has 2 rings (SSSR count). The monoisotopic (exact) mass is 295 g/mol. The number of aryl methyl sites for hydroxylation is 2. The second-order valence-electron chi connectivity index (χ2n) is 4.64. The molecular weight excluding hydrogens is 280 g/mol. The van der Waals surface area contributed by atoms with Gasteiger partial charge in [-0.05, 0) is 20.8 Å². The van der Waals surface area contributed by atoms with Gasteiger partial charge < -0.3 is 14.5 Å². The van der Waals surface area contributed by atoms with Gasteiger partial charge in [-0.15, -0.1) is 0 Å². The Bertz CT molecular complexity index is 684. The van der Waals surface area contributed by atoms with Crippen molar-refractivity contribution >= 4 is 11.6 Å². The van der Waals surface area contributed by atoms with E-state index in [-0.39, 0.29) is 5.69 Å². The Hall–Kier alpha value is -2.37. The van der Waals surface area contributed by atoms with Crippen molar-refractivity contribution in [1.29, 1.82) is 0 Å². The zero-order chi connectivity index (χ0) is 15.7. The minimum Gasteiger partial charge on any atom is -0.491 e. The van der Waals surface area contributed by atoms with E-state index >= 15 is 0 Å². The molecule has 0 spiro atoms. The summed E-state index contributed by atoms with van der Waals surface area (Å²) in [5, 5.41) is 2.45. The fraction of sp³-hybridized carbons (Fsp3) is 0.267. The van der Waals surface area contributed by atoms with Crippen molar-refractivity contribution in [1.82, 2.24) is 0 Å². The number of methoxy groups -OCH3 is 1. The molecule has 6 heteroatoms. The lowest BCUT2D eigenvalue weighted by Gasteiger charge is -2.08. The fourth-order valence-electron chi connectivity index (χ4n) is 2.15. The van der Waals surface area contributed by atoms with Gasteiger partial charge in [0.05, 0.1) is 12.7 Å². The molecule has 1 aromatic heterocycles. The number of halogens is 2. The number of anilines is 1. The first-order chi connectivity index (χ1) is 9.85. The number of ether oxygens (including phenoxy) is 1. The summed E-state index contributed by atoms with van der Waals surface area (Å²) in [6, 6.07) is 1.99. The van der Waals surface area contributed by atoms with Crippen molar-refractivity contribution in [3.63, 3.8) is 0 Å². The molecule has 0 aliphatic carbocycles. The van der Waals surface area contributed by atoms with Crippen LogP contribution in [0.4, 0.5) is 14.5 Å². The standard InChI is InChI=1S/C15H15F2NO3/c1-7-8(2)21-9(3)13(7)15(19)18-10-5-11(16)14(20-4)12(17)6-10/h5-6H,1-4H3,(H,18,19). The highest BCUT2D eigenvalue weighted by atomic mass is 19.1. The Kier molecular flexibility index (Phi) is 3.97. The third kappa shape index (κ3) is 2.74. The van der Waals surface area contributed by atoms with Gasteiger partial charge in [0.25, 0.3) is 5.91 Å². The minimum absolute atomic E-state index is 0.00783. The van der Waals surface area contributed by atoms with E-state index in [4.69, 9.17) is 4.42 Å². The van der Waals surface area contributed by atoms with Crippen molar-refractivity contribution in [2.75, 3.05) is 12.4 Å². The molecule has 0 atom stereocenters. The molecule has 2 aromatic rings. The Morgan fingerprint density at radius 3 is 2.14 bits per heavy atom. The second kappa shape index (κ2) is 5.55. The molecule has 21 heavy (non-hydrogen) atoms. The predicted octanol–water partition coefficient (Wildman–Crippen LogP) is 3.74. The van der Waals surface area contributed by atoms with E-state index in [9.17, 15) is 13.6 Å². The molecule has 1 heterocycles. The van der Waals surface area contributed by atoms with E-state index in [2.05, 4.69) is 10.1 Å². The summed E-state index contributed by atoms with van der Waals surface area (Å²) in [4.78, 5) is 12.2. The van der Waals surface area contributed by atoms with Crippen molar-refractivity contribution in [2.45, 2.75) is 20.8 Å². The average Bonchev–Trinajstić information content (AvgIpc) is 2.62. The van der Waals surface area contributed by atoms with Crippen LogP contribution in [0.3, 0.4) is 0 Å². The van der Waals surface area contributed by atoms with Crippen LogP contribution in [0.2, 0.25) is 0 Å². The van der Waals surface area contributed by atoms with Crippen LogP contribution in [-0.4, -0.2) is 13.0 Å². The normalized spacial score (nSPS) is 10.6. The summed E-state index contributed by atoms with van der Waals surface area (Å²) in [7, 11) is 1.17. The molecular formula is C15H15F2NO3. The smallest absolute Gasteiger partial charge is 0.259 e. The first kappa shape index (κ1) is 15.0. The van der Waals surface area contributed by atoms with Gasteiger partial charge in [-0.2, -0.15) is 0 Å². The maximum atomic E-state index is 13.6. The van der Waals surface area contributed by atoms with Gasteiger partial charge in [-0.3, -0.25) is 4.79 Å². The lowest BCUT2D eigenvalue weighted by molar-refractivity contribution is 0.102. The molecule has 112 valence electrons. The van der Waals surface area contributed by atoms with Gasteiger partial charge >= 0.3 is 0 Å². The number of rotatable bonds is 3. The van der Waals surface area contributed by atoms with Gasteiger partial charge in [0.2, 0.25) is 0 Å². The van der Waals surface area contributed by atoms with Crippen LogP contribution in [0.25, 0.3) is 0 Å². The van der Waals surface area contributed by atoms with Crippen LogP contribution in [-0.2, 0) is 0 Å². The van der Waals surface area contributed by atoms with Gasteiger partial charge in [-0.25, -0.2) is 8.78 Å². The number of hydrogen-bond acceptors (Lipinski definition) is 3. The molecule has 0 bridgehead atoms. The van der Waals surface area contributed by atoms with Gasteiger partial charge in [0, 0.05) is 23.4 Å². The maximum Gasteiger partial charge on any atom is 0.259 e. The van der Waals surface area contributed by atoms with E-state index in [1.807, 2.05) is 0 Å². The highest BCUT2D eigenvalue weighted by Gasteiger charge is 2.20. The summed E-state index contributed by atoms with van der Waals surface area (Å²) in [6.07, 6.45) is 0. The minimum atomic E-state index is -0.885. The highest BCUT2D eigenvalue weighted by Crippen LogP contribution is 2.27. The average molecular weight is 295 g/mol. The number of hydrogen-bond donors (Lipinski definition) is 1. The third-order valence-electron chi connectivity index (χ3n) is 3.25. The summed E-state index contributed by atoms with van der Waals surface area (Å²) < 4.78 is 37.1. The van der Waals surface area contributed by atoms with Gasteiger partial charge in [-0.1, -0.05) is 0 Å². The number of carbonyl (C=O) groups is 1. The predicted molar refractivity (Wildman–Crippen MR) is 73.8 cm³/mol. The van der Waals surface area contributed by atoms with Crippen LogP contribution in [0, 0.1) is 32.4 Å². The Morgan fingerprint density at radius 2 is 1.71 bits per heavy atom.